The van der Waals surface area contributed by atoms with E-state index in [0.717, 1.165) is 23.9 Å². The molecule has 0 unspecified atom stereocenters. The van der Waals surface area contributed by atoms with Crippen molar-refractivity contribution in [3.05, 3.63) is 53.7 Å². The molecule has 19 heavy (non-hydrogen) atoms. The fourth-order valence-corrected chi connectivity index (χ4v) is 2.28. The van der Waals surface area contributed by atoms with Crippen LogP contribution in [0.25, 0.3) is 0 Å². The molecule has 0 bridgehead atoms. The van der Waals surface area contributed by atoms with Crippen molar-refractivity contribution in [2.24, 2.45) is 10.9 Å². The molecule has 0 atom stereocenters. The Morgan fingerprint density at radius 2 is 2.11 bits per heavy atom. The highest BCUT2D eigenvalue weighted by molar-refractivity contribution is 7.99. The SMILES string of the molecule is N/C(=N\O)c1cccnc1Sc1ccc(F)cc1F. The minimum Gasteiger partial charge on any atom is -0.409 e. The van der Waals surface area contributed by atoms with Crippen LogP contribution in [0.2, 0.25) is 0 Å². The summed E-state index contributed by atoms with van der Waals surface area (Å²) in [5.41, 5.74) is 5.88. The monoisotopic (exact) mass is 281 g/mol. The smallest absolute Gasteiger partial charge is 0.172 e. The second kappa shape index (κ2) is 5.66. The van der Waals surface area contributed by atoms with E-state index in [9.17, 15) is 8.78 Å². The van der Waals surface area contributed by atoms with Gasteiger partial charge in [0, 0.05) is 17.2 Å². The van der Waals surface area contributed by atoms with Crippen molar-refractivity contribution in [3.8, 4) is 0 Å². The van der Waals surface area contributed by atoms with Crippen LogP contribution in [-0.2, 0) is 0 Å². The molecule has 2 rings (SSSR count). The number of nitrogens with zero attached hydrogens (tertiary/aromatic N) is 2. The van der Waals surface area contributed by atoms with Crippen LogP contribution in [0.1, 0.15) is 5.56 Å². The van der Waals surface area contributed by atoms with Crippen molar-refractivity contribution >= 4 is 17.6 Å². The van der Waals surface area contributed by atoms with Crippen molar-refractivity contribution in [2.75, 3.05) is 0 Å². The summed E-state index contributed by atoms with van der Waals surface area (Å²) in [6.07, 6.45) is 1.50. The van der Waals surface area contributed by atoms with Gasteiger partial charge in [0.05, 0.1) is 5.56 Å². The van der Waals surface area contributed by atoms with Gasteiger partial charge in [-0.3, -0.25) is 0 Å². The average Bonchev–Trinajstić information content (AvgIpc) is 2.41. The van der Waals surface area contributed by atoms with Gasteiger partial charge in [-0.25, -0.2) is 13.8 Å². The number of hydrogen-bond donors (Lipinski definition) is 2. The highest BCUT2D eigenvalue weighted by Gasteiger charge is 2.12. The normalized spacial score (nSPS) is 11.6. The summed E-state index contributed by atoms with van der Waals surface area (Å²) in [5, 5.41) is 11.9. The molecule has 0 amide bonds. The van der Waals surface area contributed by atoms with Gasteiger partial charge in [-0.2, -0.15) is 0 Å². The van der Waals surface area contributed by atoms with Crippen LogP contribution in [0.5, 0.6) is 0 Å². The van der Waals surface area contributed by atoms with Crippen LogP contribution in [0, 0.1) is 11.6 Å². The van der Waals surface area contributed by atoms with E-state index in [1.807, 2.05) is 0 Å². The van der Waals surface area contributed by atoms with Gasteiger partial charge in [-0.05, 0) is 24.3 Å². The van der Waals surface area contributed by atoms with Gasteiger partial charge < -0.3 is 10.9 Å². The van der Waals surface area contributed by atoms with Gasteiger partial charge in [0.1, 0.15) is 16.7 Å². The average molecular weight is 281 g/mol. The largest absolute Gasteiger partial charge is 0.409 e. The number of amidine groups is 1. The first-order valence-corrected chi connectivity index (χ1v) is 5.99. The maximum Gasteiger partial charge on any atom is 0.172 e. The molecule has 0 radical (unpaired) electrons. The standard InChI is InChI=1S/C12H9F2N3OS/c13-7-3-4-10(9(14)6-7)19-12-8(11(15)17-18)2-1-5-16-12/h1-6,18H,(H2,15,17). The molecule has 1 aromatic carbocycles. The minimum absolute atomic E-state index is 0.127. The molecular weight excluding hydrogens is 272 g/mol. The number of nitrogens with two attached hydrogens (primary N) is 1. The van der Waals surface area contributed by atoms with Crippen molar-refractivity contribution in [2.45, 2.75) is 9.92 Å². The number of oxime groups is 1. The van der Waals surface area contributed by atoms with Crippen molar-refractivity contribution < 1.29 is 14.0 Å². The topological polar surface area (TPSA) is 71.5 Å². The van der Waals surface area contributed by atoms with E-state index in [1.54, 1.807) is 12.1 Å². The lowest BCUT2D eigenvalue weighted by Crippen LogP contribution is -2.14. The van der Waals surface area contributed by atoms with Gasteiger partial charge in [-0.1, -0.05) is 16.9 Å². The zero-order valence-corrected chi connectivity index (χ0v) is 10.4. The molecule has 0 spiro atoms. The number of hydrogen-bond acceptors (Lipinski definition) is 4. The molecule has 1 heterocycles. The predicted octanol–water partition coefficient (Wildman–Crippen LogP) is 2.61. The quantitative estimate of drug-likeness (QED) is 0.392. The van der Waals surface area contributed by atoms with Crippen LogP contribution in [0.3, 0.4) is 0 Å². The molecule has 98 valence electrons. The summed E-state index contributed by atoms with van der Waals surface area (Å²) < 4.78 is 26.4. The molecule has 3 N–H and O–H groups in total. The van der Waals surface area contributed by atoms with Crippen LogP contribution in [0.4, 0.5) is 8.78 Å². The Balaban J connectivity index is 2.38. The molecule has 0 saturated heterocycles. The van der Waals surface area contributed by atoms with E-state index in [-0.39, 0.29) is 10.7 Å². The fourth-order valence-electron chi connectivity index (χ4n) is 1.38. The molecule has 0 fully saturated rings. The summed E-state index contributed by atoms with van der Waals surface area (Å²) in [6.45, 7) is 0. The third kappa shape index (κ3) is 3.00. The fraction of sp³-hybridized carbons (Fsp3) is 0. The lowest BCUT2D eigenvalue weighted by molar-refractivity contribution is 0.318. The molecule has 0 saturated carbocycles. The Hall–Kier alpha value is -2.15. The first-order chi connectivity index (χ1) is 9.11. The molecule has 0 aliphatic rings. The van der Waals surface area contributed by atoms with Crippen LogP contribution < -0.4 is 5.73 Å². The maximum absolute atomic E-state index is 13.6. The Kier molecular flexibility index (Phi) is 3.96. The van der Waals surface area contributed by atoms with Gasteiger partial charge >= 0.3 is 0 Å². The van der Waals surface area contributed by atoms with Gasteiger partial charge in [0.2, 0.25) is 0 Å². The van der Waals surface area contributed by atoms with Gasteiger partial charge in [0.15, 0.2) is 5.84 Å². The summed E-state index contributed by atoms with van der Waals surface area (Å²) in [4.78, 5) is 4.24. The lowest BCUT2D eigenvalue weighted by atomic mass is 10.3. The number of rotatable bonds is 3. The Bertz CT molecular complexity index is 634. The minimum atomic E-state index is -0.693. The Morgan fingerprint density at radius 3 is 2.79 bits per heavy atom. The third-order valence-electron chi connectivity index (χ3n) is 2.26. The molecule has 4 nitrogen and oxygen atoms in total. The molecule has 0 aliphatic heterocycles. The highest BCUT2D eigenvalue weighted by Crippen LogP contribution is 2.30. The highest BCUT2D eigenvalue weighted by atomic mass is 32.2. The van der Waals surface area contributed by atoms with E-state index in [4.69, 9.17) is 10.9 Å². The Labute approximate surface area is 112 Å². The zero-order valence-electron chi connectivity index (χ0n) is 9.55. The van der Waals surface area contributed by atoms with Gasteiger partial charge in [-0.15, -0.1) is 0 Å². The van der Waals surface area contributed by atoms with Crippen LogP contribution >= 0.6 is 11.8 Å². The first-order valence-electron chi connectivity index (χ1n) is 5.17. The number of pyridine rings is 1. The summed E-state index contributed by atoms with van der Waals surface area (Å²) >= 11 is 0.969. The first kappa shape index (κ1) is 13.3. The molecular formula is C12H9F2N3OS. The van der Waals surface area contributed by atoms with Crippen LogP contribution in [-0.4, -0.2) is 16.0 Å². The molecule has 1 aromatic heterocycles. The number of halogens is 2. The third-order valence-corrected chi connectivity index (χ3v) is 3.33. The zero-order chi connectivity index (χ0) is 13.8. The van der Waals surface area contributed by atoms with Crippen LogP contribution in [0.15, 0.2) is 51.6 Å². The predicted molar refractivity (Wildman–Crippen MR) is 67.2 cm³/mol. The van der Waals surface area contributed by atoms with Crippen molar-refractivity contribution in [3.63, 3.8) is 0 Å². The maximum atomic E-state index is 13.6. The van der Waals surface area contributed by atoms with Crippen molar-refractivity contribution in [1.82, 2.24) is 4.98 Å². The Morgan fingerprint density at radius 1 is 1.32 bits per heavy atom. The summed E-state index contributed by atoms with van der Waals surface area (Å²) in [6, 6.07) is 6.44. The van der Waals surface area contributed by atoms with Gasteiger partial charge in [0.25, 0.3) is 0 Å². The van der Waals surface area contributed by atoms with E-state index in [0.29, 0.717) is 10.6 Å². The molecule has 7 heteroatoms. The number of benzene rings is 1. The second-order valence-corrected chi connectivity index (χ2v) is 4.55. The summed E-state index contributed by atoms with van der Waals surface area (Å²) in [7, 11) is 0. The van der Waals surface area contributed by atoms with E-state index in [2.05, 4.69) is 10.1 Å². The number of aromatic nitrogens is 1. The lowest BCUT2D eigenvalue weighted by Gasteiger charge is -2.07. The summed E-state index contributed by atoms with van der Waals surface area (Å²) in [5.74, 6) is -1.47. The molecule has 0 aliphatic carbocycles. The van der Waals surface area contributed by atoms with E-state index in [1.165, 1.54) is 12.3 Å². The second-order valence-electron chi connectivity index (χ2n) is 3.52. The van der Waals surface area contributed by atoms with E-state index >= 15 is 0 Å². The molecule has 2 aromatic rings. The van der Waals surface area contributed by atoms with Crippen molar-refractivity contribution in [1.29, 1.82) is 0 Å². The van der Waals surface area contributed by atoms with E-state index < -0.39 is 11.6 Å².